The van der Waals surface area contributed by atoms with Crippen LogP contribution in [0.2, 0.25) is 0 Å². The van der Waals surface area contributed by atoms with Gasteiger partial charge in [-0.1, -0.05) is 55.0 Å². The molecule has 0 aromatic heterocycles. The maximum Gasteiger partial charge on any atom is 0.0967 e. The average Bonchev–Trinajstić information content (AvgIpc) is 2.89. The highest BCUT2D eigenvalue weighted by Crippen LogP contribution is 2.27. The Morgan fingerprint density at radius 3 is 2.60 bits per heavy atom. The van der Waals surface area contributed by atoms with Gasteiger partial charge in [0.15, 0.2) is 0 Å². The summed E-state index contributed by atoms with van der Waals surface area (Å²) in [5.41, 5.74) is 1.32. The molecule has 130 valence electrons. The van der Waals surface area contributed by atoms with Gasteiger partial charge < -0.3 is 5.32 Å². The highest BCUT2D eigenvalue weighted by molar-refractivity contribution is 6.07. The molecule has 0 saturated heterocycles. The van der Waals surface area contributed by atoms with Gasteiger partial charge in [0.05, 0.1) is 5.84 Å². The fraction of sp³-hybridized carbons (Fsp3) is 0.318. The lowest BCUT2D eigenvalue weighted by Gasteiger charge is -2.18. The molecule has 3 aromatic carbocycles. The molecule has 25 heavy (non-hydrogen) atoms. The molecular formula is C22H25ClN2. The highest BCUT2D eigenvalue weighted by atomic mass is 35.5. The molecule has 2 nitrogen and oxygen atoms in total. The SMILES string of the molecule is CC(NC1=NCCCCC1)c1ccc2c(ccc3ccccc32)c1.Cl. The first-order valence-electron chi connectivity index (χ1n) is 9.02. The molecule has 0 bridgehead atoms. The topological polar surface area (TPSA) is 24.4 Å². The smallest absolute Gasteiger partial charge is 0.0967 e. The zero-order valence-electron chi connectivity index (χ0n) is 14.7. The van der Waals surface area contributed by atoms with Crippen LogP contribution in [-0.2, 0) is 0 Å². The van der Waals surface area contributed by atoms with Crippen molar-refractivity contribution in [3.8, 4) is 0 Å². The van der Waals surface area contributed by atoms with E-state index in [9.17, 15) is 0 Å². The van der Waals surface area contributed by atoms with Crippen molar-refractivity contribution in [1.29, 1.82) is 0 Å². The Hall–Kier alpha value is -2.06. The predicted molar refractivity (Wildman–Crippen MR) is 111 cm³/mol. The maximum atomic E-state index is 4.70. The highest BCUT2D eigenvalue weighted by Gasteiger charge is 2.11. The summed E-state index contributed by atoms with van der Waals surface area (Å²) in [6.07, 6.45) is 4.86. The second-order valence-corrected chi connectivity index (χ2v) is 6.77. The second-order valence-electron chi connectivity index (χ2n) is 6.77. The van der Waals surface area contributed by atoms with E-state index in [4.69, 9.17) is 4.99 Å². The number of hydrogen-bond acceptors (Lipinski definition) is 2. The van der Waals surface area contributed by atoms with E-state index in [1.165, 1.54) is 52.2 Å². The monoisotopic (exact) mass is 352 g/mol. The molecule has 0 amide bonds. The van der Waals surface area contributed by atoms with Crippen LogP contribution in [0.1, 0.15) is 44.2 Å². The van der Waals surface area contributed by atoms with Gasteiger partial charge in [-0.2, -0.15) is 0 Å². The van der Waals surface area contributed by atoms with Gasteiger partial charge in [-0.05, 0) is 52.9 Å². The van der Waals surface area contributed by atoms with Gasteiger partial charge >= 0.3 is 0 Å². The van der Waals surface area contributed by atoms with Crippen LogP contribution in [0.5, 0.6) is 0 Å². The number of nitrogens with one attached hydrogen (secondary N) is 1. The molecule has 1 unspecified atom stereocenters. The minimum Gasteiger partial charge on any atom is -0.367 e. The molecule has 0 radical (unpaired) electrons. The Morgan fingerprint density at radius 1 is 0.880 bits per heavy atom. The number of aliphatic imine (C=N–C) groups is 1. The number of halogens is 1. The Bertz CT molecular complexity index is 901. The summed E-state index contributed by atoms with van der Waals surface area (Å²) >= 11 is 0. The van der Waals surface area contributed by atoms with Gasteiger partial charge in [0.2, 0.25) is 0 Å². The van der Waals surface area contributed by atoms with Crippen molar-refractivity contribution >= 4 is 39.8 Å². The van der Waals surface area contributed by atoms with Crippen molar-refractivity contribution in [2.75, 3.05) is 6.54 Å². The summed E-state index contributed by atoms with van der Waals surface area (Å²) in [7, 11) is 0. The summed E-state index contributed by atoms with van der Waals surface area (Å²) in [5.74, 6) is 1.18. The van der Waals surface area contributed by atoms with E-state index in [2.05, 4.69) is 66.8 Å². The molecule has 1 aliphatic heterocycles. The van der Waals surface area contributed by atoms with E-state index in [1.54, 1.807) is 0 Å². The van der Waals surface area contributed by atoms with Gasteiger partial charge in [0, 0.05) is 19.0 Å². The Labute approximate surface area is 155 Å². The zero-order valence-corrected chi connectivity index (χ0v) is 15.5. The normalized spacial score (nSPS) is 16.0. The molecule has 1 heterocycles. The van der Waals surface area contributed by atoms with Crippen LogP contribution in [0.25, 0.3) is 21.5 Å². The fourth-order valence-corrected chi connectivity index (χ4v) is 3.63. The quantitative estimate of drug-likeness (QED) is 0.559. The third-order valence-corrected chi connectivity index (χ3v) is 5.03. The number of hydrogen-bond donors (Lipinski definition) is 1. The van der Waals surface area contributed by atoms with Crippen LogP contribution < -0.4 is 5.32 Å². The van der Waals surface area contributed by atoms with Crippen molar-refractivity contribution in [1.82, 2.24) is 5.32 Å². The molecule has 3 aromatic rings. The van der Waals surface area contributed by atoms with E-state index in [0.29, 0.717) is 0 Å². The number of fused-ring (bicyclic) bond motifs is 3. The lowest BCUT2D eigenvalue weighted by Crippen LogP contribution is -2.26. The van der Waals surface area contributed by atoms with Crippen molar-refractivity contribution in [2.45, 2.75) is 38.6 Å². The summed E-state index contributed by atoms with van der Waals surface area (Å²) < 4.78 is 0. The van der Waals surface area contributed by atoms with E-state index >= 15 is 0 Å². The summed E-state index contributed by atoms with van der Waals surface area (Å²) in [4.78, 5) is 4.70. The number of nitrogens with zero attached hydrogens (tertiary/aromatic N) is 1. The predicted octanol–water partition coefficient (Wildman–Crippen LogP) is 6.04. The third-order valence-electron chi connectivity index (χ3n) is 5.03. The van der Waals surface area contributed by atoms with Crippen LogP contribution in [-0.4, -0.2) is 12.4 Å². The van der Waals surface area contributed by atoms with Gasteiger partial charge in [-0.15, -0.1) is 12.4 Å². The second kappa shape index (κ2) is 7.88. The molecule has 0 fully saturated rings. The van der Waals surface area contributed by atoms with Crippen LogP contribution in [0.4, 0.5) is 0 Å². The first-order valence-corrected chi connectivity index (χ1v) is 9.02. The molecular weight excluding hydrogens is 328 g/mol. The lowest BCUT2D eigenvalue weighted by molar-refractivity contribution is 0.694. The van der Waals surface area contributed by atoms with E-state index < -0.39 is 0 Å². The fourth-order valence-electron chi connectivity index (χ4n) is 3.63. The minimum absolute atomic E-state index is 0. The lowest BCUT2D eigenvalue weighted by atomic mass is 9.98. The van der Waals surface area contributed by atoms with Crippen LogP contribution >= 0.6 is 12.4 Å². The van der Waals surface area contributed by atoms with Gasteiger partial charge in [-0.25, -0.2) is 0 Å². The Balaban J connectivity index is 0.00000182. The van der Waals surface area contributed by atoms with Crippen LogP contribution in [0.15, 0.2) is 59.6 Å². The molecule has 1 aliphatic rings. The maximum absolute atomic E-state index is 4.70. The van der Waals surface area contributed by atoms with Crippen LogP contribution in [0.3, 0.4) is 0 Å². The number of rotatable bonds is 2. The van der Waals surface area contributed by atoms with Crippen molar-refractivity contribution in [3.63, 3.8) is 0 Å². The van der Waals surface area contributed by atoms with Crippen molar-refractivity contribution in [3.05, 3.63) is 60.2 Å². The Morgan fingerprint density at radius 2 is 1.68 bits per heavy atom. The van der Waals surface area contributed by atoms with E-state index in [1.807, 2.05) is 0 Å². The molecule has 1 atom stereocenters. The standard InChI is InChI=1S/C22H24N2.ClH/c1-16(24-22-9-3-2-6-14-23-22)18-12-13-21-19(15-18)11-10-17-7-4-5-8-20(17)21;/h4-5,7-8,10-13,15-16H,2-3,6,9,14H2,1H3,(H,23,24);1H. The molecule has 1 N–H and O–H groups in total. The largest absolute Gasteiger partial charge is 0.367 e. The molecule has 4 rings (SSSR count). The number of benzene rings is 3. The van der Waals surface area contributed by atoms with E-state index in [-0.39, 0.29) is 18.4 Å². The molecule has 0 spiro atoms. The van der Waals surface area contributed by atoms with Gasteiger partial charge in [0.25, 0.3) is 0 Å². The van der Waals surface area contributed by atoms with Crippen molar-refractivity contribution < 1.29 is 0 Å². The first kappa shape index (κ1) is 17.8. The summed E-state index contributed by atoms with van der Waals surface area (Å²) in [6, 6.07) is 20.2. The summed E-state index contributed by atoms with van der Waals surface area (Å²) in [6.45, 7) is 3.20. The van der Waals surface area contributed by atoms with Gasteiger partial charge in [0.1, 0.15) is 0 Å². The van der Waals surface area contributed by atoms with Crippen LogP contribution in [0, 0.1) is 0 Å². The third kappa shape index (κ3) is 3.80. The number of amidine groups is 1. The molecule has 3 heteroatoms. The van der Waals surface area contributed by atoms with Gasteiger partial charge in [-0.3, -0.25) is 4.99 Å². The van der Waals surface area contributed by atoms with Crippen molar-refractivity contribution in [2.24, 2.45) is 4.99 Å². The summed E-state index contributed by atoms with van der Waals surface area (Å²) in [5, 5.41) is 8.90. The average molecular weight is 353 g/mol. The van der Waals surface area contributed by atoms with E-state index in [0.717, 1.165) is 13.0 Å². The first-order chi connectivity index (χ1) is 11.8. The zero-order chi connectivity index (χ0) is 16.4. The Kier molecular flexibility index (Phi) is 5.60. The molecule has 0 aliphatic carbocycles. The minimum atomic E-state index is 0. The molecule has 0 saturated carbocycles.